The van der Waals surface area contributed by atoms with E-state index < -0.39 is 0 Å². The quantitative estimate of drug-likeness (QED) is 0.800. The van der Waals surface area contributed by atoms with Crippen molar-refractivity contribution in [2.75, 3.05) is 26.2 Å². The van der Waals surface area contributed by atoms with Gasteiger partial charge in [0.15, 0.2) is 0 Å². The van der Waals surface area contributed by atoms with Crippen molar-refractivity contribution in [1.29, 1.82) is 5.26 Å². The zero-order valence-corrected chi connectivity index (χ0v) is 15.2. The van der Waals surface area contributed by atoms with Gasteiger partial charge in [-0.3, -0.25) is 9.69 Å². The Hall–Kier alpha value is -1.08. The third kappa shape index (κ3) is 2.75. The Labute approximate surface area is 146 Å². The van der Waals surface area contributed by atoms with E-state index in [1.807, 2.05) is 0 Å². The van der Waals surface area contributed by atoms with Gasteiger partial charge in [0.25, 0.3) is 0 Å². The first-order valence-corrected chi connectivity index (χ1v) is 9.99. The highest BCUT2D eigenvalue weighted by Crippen LogP contribution is 2.56. The number of piperazine rings is 1. The summed E-state index contributed by atoms with van der Waals surface area (Å²) in [7, 11) is 0. The molecule has 4 aliphatic carbocycles. The number of carbonyl (C=O) groups excluding carboxylic acids is 1. The van der Waals surface area contributed by atoms with Crippen LogP contribution in [-0.2, 0) is 4.79 Å². The number of nitrogens with zero attached hydrogens (tertiary/aromatic N) is 3. The summed E-state index contributed by atoms with van der Waals surface area (Å²) in [6.07, 6.45) is 6.69. The van der Waals surface area contributed by atoms with Crippen molar-refractivity contribution in [3.8, 4) is 6.07 Å². The Balaban J connectivity index is 1.38. The predicted molar refractivity (Wildman–Crippen MR) is 92.9 cm³/mol. The molecule has 4 heteroatoms. The normalized spacial score (nSPS) is 39.9. The maximum Gasteiger partial charge on any atom is 0.226 e. The van der Waals surface area contributed by atoms with Gasteiger partial charge in [-0.25, -0.2) is 0 Å². The first-order valence-electron chi connectivity index (χ1n) is 9.99. The van der Waals surface area contributed by atoms with Crippen molar-refractivity contribution in [2.24, 2.45) is 35.5 Å². The van der Waals surface area contributed by atoms with Crippen LogP contribution in [0, 0.1) is 46.8 Å². The lowest BCUT2D eigenvalue weighted by Crippen LogP contribution is -2.57. The number of rotatable bonds is 3. The van der Waals surface area contributed by atoms with Crippen LogP contribution in [0.4, 0.5) is 0 Å². The minimum Gasteiger partial charge on any atom is -0.340 e. The zero-order chi connectivity index (χ0) is 16.8. The highest BCUT2D eigenvalue weighted by atomic mass is 16.2. The standard InChI is InChI=1S/C20H31N3O/c1-13(2)18(12-21)22-3-5-23(6-4-22)20(24)19-16-8-14-7-15(10-16)11-17(19)9-14/h13-19H,3-11H2,1-2H3. The van der Waals surface area contributed by atoms with E-state index in [0.717, 1.165) is 38.0 Å². The second-order valence-corrected chi connectivity index (χ2v) is 9.14. The van der Waals surface area contributed by atoms with Crippen LogP contribution in [0.1, 0.15) is 46.0 Å². The van der Waals surface area contributed by atoms with Gasteiger partial charge in [-0.1, -0.05) is 13.8 Å². The average Bonchev–Trinajstić information content (AvgIpc) is 2.54. The molecule has 1 heterocycles. The van der Waals surface area contributed by atoms with Crippen molar-refractivity contribution in [3.05, 3.63) is 0 Å². The summed E-state index contributed by atoms with van der Waals surface area (Å²) in [5, 5.41) is 9.39. The molecule has 0 spiro atoms. The van der Waals surface area contributed by atoms with E-state index in [4.69, 9.17) is 0 Å². The van der Waals surface area contributed by atoms with E-state index >= 15 is 0 Å². The second kappa shape index (κ2) is 6.33. The van der Waals surface area contributed by atoms with Gasteiger partial charge in [-0.05, 0) is 61.7 Å². The number of amides is 1. The van der Waals surface area contributed by atoms with Crippen LogP contribution < -0.4 is 0 Å². The lowest BCUT2D eigenvalue weighted by Gasteiger charge is -2.54. The molecule has 0 radical (unpaired) electrons. The molecule has 24 heavy (non-hydrogen) atoms. The van der Waals surface area contributed by atoms with Crippen LogP contribution in [0.5, 0.6) is 0 Å². The summed E-state index contributed by atoms with van der Waals surface area (Å²) in [5.74, 6) is 4.32. The van der Waals surface area contributed by atoms with Crippen molar-refractivity contribution in [1.82, 2.24) is 9.80 Å². The summed E-state index contributed by atoms with van der Waals surface area (Å²) >= 11 is 0. The van der Waals surface area contributed by atoms with E-state index in [9.17, 15) is 10.1 Å². The molecule has 4 saturated carbocycles. The van der Waals surface area contributed by atoms with Gasteiger partial charge in [-0.15, -0.1) is 0 Å². The monoisotopic (exact) mass is 329 g/mol. The predicted octanol–water partition coefficient (Wildman–Crippen LogP) is 2.75. The zero-order valence-electron chi connectivity index (χ0n) is 15.2. The number of nitriles is 1. The van der Waals surface area contributed by atoms with Crippen LogP contribution in [0.2, 0.25) is 0 Å². The van der Waals surface area contributed by atoms with Gasteiger partial charge < -0.3 is 4.90 Å². The Morgan fingerprint density at radius 1 is 0.958 bits per heavy atom. The molecule has 4 nitrogen and oxygen atoms in total. The smallest absolute Gasteiger partial charge is 0.226 e. The molecule has 5 aliphatic rings. The Kier molecular flexibility index (Phi) is 4.33. The van der Waals surface area contributed by atoms with Gasteiger partial charge in [0.05, 0.1) is 6.07 Å². The lowest BCUT2D eigenvalue weighted by molar-refractivity contribution is -0.151. The molecular formula is C20H31N3O. The highest BCUT2D eigenvalue weighted by molar-refractivity contribution is 5.80. The number of carbonyl (C=O) groups is 1. The van der Waals surface area contributed by atoms with Crippen molar-refractivity contribution in [3.63, 3.8) is 0 Å². The van der Waals surface area contributed by atoms with Gasteiger partial charge in [0.1, 0.15) is 6.04 Å². The topological polar surface area (TPSA) is 47.3 Å². The summed E-state index contributed by atoms with van der Waals surface area (Å²) in [6, 6.07) is 2.43. The van der Waals surface area contributed by atoms with Gasteiger partial charge >= 0.3 is 0 Å². The second-order valence-electron chi connectivity index (χ2n) is 9.14. The Morgan fingerprint density at radius 3 is 1.96 bits per heavy atom. The molecule has 4 bridgehead atoms. The number of hydrogen-bond acceptors (Lipinski definition) is 3. The van der Waals surface area contributed by atoms with Crippen LogP contribution in [-0.4, -0.2) is 47.9 Å². The lowest BCUT2D eigenvalue weighted by atomic mass is 9.51. The van der Waals surface area contributed by atoms with Gasteiger partial charge in [-0.2, -0.15) is 5.26 Å². The molecule has 5 rings (SSSR count). The summed E-state index contributed by atoms with van der Waals surface area (Å²) < 4.78 is 0. The summed E-state index contributed by atoms with van der Waals surface area (Å²) in [5.41, 5.74) is 0. The van der Waals surface area contributed by atoms with E-state index in [1.54, 1.807) is 0 Å². The Morgan fingerprint density at radius 2 is 1.50 bits per heavy atom. The molecule has 0 aromatic heterocycles. The maximum atomic E-state index is 13.2. The highest BCUT2D eigenvalue weighted by Gasteiger charge is 2.51. The van der Waals surface area contributed by atoms with Crippen molar-refractivity contribution >= 4 is 5.91 Å². The summed E-state index contributed by atoms with van der Waals surface area (Å²) in [6.45, 7) is 7.56. The largest absolute Gasteiger partial charge is 0.340 e. The SMILES string of the molecule is CC(C)C(C#N)N1CCN(C(=O)C2C3CC4CC(C3)CC2C4)CC1. The fourth-order valence-electron chi connectivity index (χ4n) is 6.41. The minimum atomic E-state index is -0.0107. The molecule has 1 unspecified atom stereocenters. The molecule has 0 aromatic rings. The summed E-state index contributed by atoms with van der Waals surface area (Å²) in [4.78, 5) is 17.6. The van der Waals surface area contributed by atoms with E-state index in [0.29, 0.717) is 29.6 Å². The van der Waals surface area contributed by atoms with E-state index in [-0.39, 0.29) is 6.04 Å². The maximum absolute atomic E-state index is 13.2. The third-order valence-corrected chi connectivity index (χ3v) is 7.29. The first kappa shape index (κ1) is 16.4. The molecule has 1 atom stereocenters. The van der Waals surface area contributed by atoms with E-state index in [2.05, 4.69) is 29.7 Å². The van der Waals surface area contributed by atoms with E-state index in [1.165, 1.54) is 32.1 Å². The minimum absolute atomic E-state index is 0.0107. The molecule has 132 valence electrons. The average molecular weight is 329 g/mol. The molecule has 5 fully saturated rings. The van der Waals surface area contributed by atoms with Crippen LogP contribution in [0.15, 0.2) is 0 Å². The van der Waals surface area contributed by atoms with Crippen molar-refractivity contribution in [2.45, 2.75) is 52.0 Å². The molecule has 0 N–H and O–H groups in total. The Bertz CT molecular complexity index is 501. The first-order chi connectivity index (χ1) is 11.6. The van der Waals surface area contributed by atoms with Crippen molar-refractivity contribution < 1.29 is 4.79 Å². The number of hydrogen-bond donors (Lipinski definition) is 0. The molecular weight excluding hydrogens is 298 g/mol. The molecule has 1 saturated heterocycles. The molecule has 1 aliphatic heterocycles. The van der Waals surface area contributed by atoms with Crippen LogP contribution in [0.25, 0.3) is 0 Å². The van der Waals surface area contributed by atoms with Gasteiger partial charge in [0, 0.05) is 32.1 Å². The molecule has 0 aromatic carbocycles. The molecule has 1 amide bonds. The fraction of sp³-hybridized carbons (Fsp3) is 0.900. The third-order valence-electron chi connectivity index (χ3n) is 7.29. The van der Waals surface area contributed by atoms with Crippen LogP contribution >= 0.6 is 0 Å². The fourth-order valence-corrected chi connectivity index (χ4v) is 6.41. The van der Waals surface area contributed by atoms with Gasteiger partial charge in [0.2, 0.25) is 5.91 Å². The van der Waals surface area contributed by atoms with Crippen LogP contribution in [0.3, 0.4) is 0 Å².